The van der Waals surface area contributed by atoms with Crippen LogP contribution in [0.5, 0.6) is 0 Å². The van der Waals surface area contributed by atoms with Crippen molar-refractivity contribution in [2.45, 2.75) is 20.1 Å². The first-order valence-corrected chi connectivity index (χ1v) is 5.81. The van der Waals surface area contributed by atoms with Crippen molar-refractivity contribution in [1.82, 2.24) is 4.90 Å². The van der Waals surface area contributed by atoms with E-state index in [1.807, 2.05) is 19.9 Å². The molecular weight excluding hydrogens is 230 g/mol. The lowest BCUT2D eigenvalue weighted by atomic mass is 10.1. The van der Waals surface area contributed by atoms with Gasteiger partial charge in [0, 0.05) is 11.5 Å². The van der Waals surface area contributed by atoms with E-state index >= 15 is 0 Å². The number of ether oxygens (including phenoxy) is 1. The van der Waals surface area contributed by atoms with E-state index < -0.39 is 12.2 Å². The van der Waals surface area contributed by atoms with Gasteiger partial charge in [-0.2, -0.15) is 0 Å². The number of rotatable bonds is 2. The summed E-state index contributed by atoms with van der Waals surface area (Å²) in [5.74, 6) is -0.774. The standard InChI is InChI=1S/C14H15NO3/c1-9(2)13-15(10(3)14(17)18-13)12(16)11-7-5-4-6-8-11/h4-9,13H,3H2,1-2H3. The molecule has 1 saturated heterocycles. The molecule has 1 fully saturated rings. The Balaban J connectivity index is 2.33. The number of nitrogens with zero attached hydrogens (tertiary/aromatic N) is 1. The minimum Gasteiger partial charge on any atom is -0.436 e. The highest BCUT2D eigenvalue weighted by atomic mass is 16.6. The van der Waals surface area contributed by atoms with Crippen LogP contribution in [0.4, 0.5) is 0 Å². The molecule has 1 aliphatic rings. The molecule has 1 aliphatic heterocycles. The Morgan fingerprint density at radius 2 is 1.94 bits per heavy atom. The Morgan fingerprint density at radius 3 is 2.50 bits per heavy atom. The molecule has 0 aliphatic carbocycles. The van der Waals surface area contributed by atoms with Gasteiger partial charge in [-0.05, 0) is 12.1 Å². The number of carbonyl (C=O) groups is 2. The van der Waals surface area contributed by atoms with Gasteiger partial charge in [-0.25, -0.2) is 4.79 Å². The van der Waals surface area contributed by atoms with Gasteiger partial charge < -0.3 is 4.74 Å². The largest absolute Gasteiger partial charge is 0.436 e. The normalized spacial score (nSPS) is 19.3. The molecule has 1 amide bonds. The molecular formula is C14H15NO3. The molecule has 1 aromatic rings. The van der Waals surface area contributed by atoms with Crippen molar-refractivity contribution in [2.24, 2.45) is 5.92 Å². The molecule has 0 N–H and O–H groups in total. The van der Waals surface area contributed by atoms with Gasteiger partial charge in [0.1, 0.15) is 5.70 Å². The van der Waals surface area contributed by atoms with Crippen LogP contribution in [0.2, 0.25) is 0 Å². The SMILES string of the molecule is C=C1C(=O)OC(C(C)C)N1C(=O)c1ccccc1. The van der Waals surface area contributed by atoms with Gasteiger partial charge in [-0.3, -0.25) is 9.69 Å². The molecule has 1 unspecified atom stereocenters. The molecule has 0 radical (unpaired) electrons. The van der Waals surface area contributed by atoms with Crippen molar-refractivity contribution >= 4 is 11.9 Å². The number of benzene rings is 1. The zero-order chi connectivity index (χ0) is 13.3. The molecule has 1 heterocycles. The van der Waals surface area contributed by atoms with Crippen LogP contribution in [0.1, 0.15) is 24.2 Å². The summed E-state index contributed by atoms with van der Waals surface area (Å²) in [6.07, 6.45) is -0.572. The second-order valence-electron chi connectivity index (χ2n) is 4.53. The fraction of sp³-hybridized carbons (Fsp3) is 0.286. The van der Waals surface area contributed by atoms with Crippen LogP contribution in [0.25, 0.3) is 0 Å². The van der Waals surface area contributed by atoms with Crippen molar-refractivity contribution in [1.29, 1.82) is 0 Å². The van der Waals surface area contributed by atoms with Gasteiger partial charge >= 0.3 is 5.97 Å². The summed E-state index contributed by atoms with van der Waals surface area (Å²) in [5.41, 5.74) is 0.616. The Labute approximate surface area is 106 Å². The summed E-state index contributed by atoms with van der Waals surface area (Å²) in [6, 6.07) is 8.79. The summed E-state index contributed by atoms with van der Waals surface area (Å²) in [7, 11) is 0. The summed E-state index contributed by atoms with van der Waals surface area (Å²) in [6.45, 7) is 7.41. The number of carbonyl (C=O) groups excluding carboxylic acids is 2. The predicted octanol–water partition coefficient (Wildman–Crippen LogP) is 2.18. The molecule has 4 heteroatoms. The average Bonchev–Trinajstić information content (AvgIpc) is 2.66. The zero-order valence-corrected chi connectivity index (χ0v) is 10.4. The van der Waals surface area contributed by atoms with Crippen molar-refractivity contribution in [3.63, 3.8) is 0 Å². The van der Waals surface area contributed by atoms with Crippen molar-refractivity contribution < 1.29 is 14.3 Å². The van der Waals surface area contributed by atoms with Crippen LogP contribution in [0.15, 0.2) is 42.6 Å². The minimum absolute atomic E-state index is 0.0147. The lowest BCUT2D eigenvalue weighted by Crippen LogP contribution is -2.38. The fourth-order valence-electron chi connectivity index (χ4n) is 1.87. The first-order chi connectivity index (χ1) is 8.52. The second kappa shape index (κ2) is 4.64. The lowest BCUT2D eigenvalue weighted by molar-refractivity contribution is -0.141. The third kappa shape index (κ3) is 2.01. The molecule has 0 bridgehead atoms. The molecule has 0 aromatic heterocycles. The fourth-order valence-corrected chi connectivity index (χ4v) is 1.87. The van der Waals surface area contributed by atoms with Crippen molar-refractivity contribution in [3.8, 4) is 0 Å². The van der Waals surface area contributed by atoms with E-state index in [1.54, 1.807) is 24.3 Å². The summed E-state index contributed by atoms with van der Waals surface area (Å²) < 4.78 is 5.16. The molecule has 0 saturated carbocycles. The van der Waals surface area contributed by atoms with E-state index in [0.717, 1.165) is 0 Å². The number of amides is 1. The van der Waals surface area contributed by atoms with Crippen LogP contribution in [0.3, 0.4) is 0 Å². The van der Waals surface area contributed by atoms with Gasteiger partial charge in [0.05, 0.1) is 0 Å². The van der Waals surface area contributed by atoms with Gasteiger partial charge in [0.25, 0.3) is 5.91 Å². The Hall–Kier alpha value is -2.10. The van der Waals surface area contributed by atoms with Crippen LogP contribution in [-0.2, 0) is 9.53 Å². The predicted molar refractivity (Wildman–Crippen MR) is 66.5 cm³/mol. The van der Waals surface area contributed by atoms with E-state index in [4.69, 9.17) is 4.74 Å². The number of hydrogen-bond donors (Lipinski definition) is 0. The molecule has 2 rings (SSSR count). The zero-order valence-electron chi connectivity index (χ0n) is 10.4. The molecule has 4 nitrogen and oxygen atoms in total. The Kier molecular flexibility index (Phi) is 3.19. The Morgan fingerprint density at radius 1 is 1.33 bits per heavy atom. The van der Waals surface area contributed by atoms with E-state index in [9.17, 15) is 9.59 Å². The van der Waals surface area contributed by atoms with Gasteiger partial charge in [0.2, 0.25) is 0 Å². The molecule has 0 spiro atoms. The lowest BCUT2D eigenvalue weighted by Gasteiger charge is -2.24. The highest BCUT2D eigenvalue weighted by Crippen LogP contribution is 2.27. The molecule has 1 aromatic carbocycles. The summed E-state index contributed by atoms with van der Waals surface area (Å²) in [4.78, 5) is 25.2. The maximum atomic E-state index is 12.4. The van der Waals surface area contributed by atoms with Crippen molar-refractivity contribution in [2.75, 3.05) is 0 Å². The van der Waals surface area contributed by atoms with Gasteiger partial charge in [-0.15, -0.1) is 0 Å². The Bertz CT molecular complexity index is 493. The van der Waals surface area contributed by atoms with E-state index in [-0.39, 0.29) is 17.5 Å². The summed E-state index contributed by atoms with van der Waals surface area (Å²) in [5, 5.41) is 0. The molecule has 18 heavy (non-hydrogen) atoms. The monoisotopic (exact) mass is 245 g/mol. The molecule has 1 atom stereocenters. The maximum Gasteiger partial charge on any atom is 0.356 e. The smallest absolute Gasteiger partial charge is 0.356 e. The first-order valence-electron chi connectivity index (χ1n) is 5.81. The van der Waals surface area contributed by atoms with E-state index in [1.165, 1.54) is 4.90 Å². The minimum atomic E-state index is -0.572. The van der Waals surface area contributed by atoms with Crippen LogP contribution >= 0.6 is 0 Å². The quantitative estimate of drug-likeness (QED) is 0.592. The summed E-state index contributed by atoms with van der Waals surface area (Å²) >= 11 is 0. The van der Waals surface area contributed by atoms with Gasteiger partial charge in [0.15, 0.2) is 6.23 Å². The van der Waals surface area contributed by atoms with E-state index in [0.29, 0.717) is 5.56 Å². The van der Waals surface area contributed by atoms with Crippen LogP contribution in [0, 0.1) is 5.92 Å². The second-order valence-corrected chi connectivity index (χ2v) is 4.53. The third-order valence-corrected chi connectivity index (χ3v) is 2.82. The van der Waals surface area contributed by atoms with Crippen LogP contribution < -0.4 is 0 Å². The number of esters is 1. The highest BCUT2D eigenvalue weighted by Gasteiger charge is 2.41. The van der Waals surface area contributed by atoms with Gasteiger partial charge in [-0.1, -0.05) is 38.6 Å². The molecule has 94 valence electrons. The van der Waals surface area contributed by atoms with E-state index in [2.05, 4.69) is 6.58 Å². The topological polar surface area (TPSA) is 46.6 Å². The van der Waals surface area contributed by atoms with Crippen LogP contribution in [-0.4, -0.2) is 23.0 Å². The number of hydrogen-bond acceptors (Lipinski definition) is 3. The number of cyclic esters (lactones) is 1. The highest BCUT2D eigenvalue weighted by molar-refractivity contribution is 6.02. The average molecular weight is 245 g/mol. The van der Waals surface area contributed by atoms with Crippen molar-refractivity contribution in [3.05, 3.63) is 48.2 Å². The first kappa shape index (κ1) is 12.4. The third-order valence-electron chi connectivity index (χ3n) is 2.82. The maximum absolute atomic E-state index is 12.4.